The third kappa shape index (κ3) is 4.10. The van der Waals surface area contributed by atoms with Crippen LogP contribution >= 0.6 is 0 Å². The average molecular weight is 311 g/mol. The van der Waals surface area contributed by atoms with Gasteiger partial charge in [0.25, 0.3) is 0 Å². The van der Waals surface area contributed by atoms with Crippen LogP contribution in [0, 0.1) is 10.1 Å². The van der Waals surface area contributed by atoms with Crippen molar-refractivity contribution < 1.29 is 14.5 Å². The Kier molecular flexibility index (Phi) is 5.36. The van der Waals surface area contributed by atoms with Crippen molar-refractivity contribution in [2.75, 3.05) is 0 Å². The molecule has 0 aromatic heterocycles. The predicted molar refractivity (Wildman–Crippen MR) is 85.7 cm³/mol. The Labute approximate surface area is 134 Å². The first-order valence-corrected chi connectivity index (χ1v) is 7.28. The highest BCUT2D eigenvalue weighted by Crippen LogP contribution is 2.36. The lowest BCUT2D eigenvalue weighted by Crippen LogP contribution is -2.24. The average Bonchev–Trinajstić information content (AvgIpc) is 2.55. The maximum Gasteiger partial charge on any atom is 0.245 e. The highest BCUT2D eigenvalue weighted by atomic mass is 16.6. The molecule has 0 saturated carbocycles. The normalized spacial score (nSPS) is 13.1. The summed E-state index contributed by atoms with van der Waals surface area (Å²) < 4.78 is 0. The van der Waals surface area contributed by atoms with Gasteiger partial charge in [-0.2, -0.15) is 0 Å². The zero-order valence-corrected chi connectivity index (χ0v) is 12.7. The van der Waals surface area contributed by atoms with E-state index in [0.29, 0.717) is 11.1 Å². The Hall–Kier alpha value is -2.82. The van der Waals surface area contributed by atoms with Crippen molar-refractivity contribution in [3.05, 3.63) is 81.9 Å². The summed E-state index contributed by atoms with van der Waals surface area (Å²) in [5.41, 5.74) is 1.19. The molecule has 23 heavy (non-hydrogen) atoms. The van der Waals surface area contributed by atoms with E-state index in [9.17, 15) is 19.7 Å². The van der Waals surface area contributed by atoms with Gasteiger partial charge in [0.15, 0.2) is 11.6 Å². The number of carbonyl (C=O) groups is 2. The third-order valence-electron chi connectivity index (χ3n) is 3.78. The quantitative estimate of drug-likeness (QED) is 0.446. The van der Waals surface area contributed by atoms with Gasteiger partial charge in [0.1, 0.15) is 0 Å². The fraction of sp³-hybridized carbons (Fsp3) is 0.222. The van der Waals surface area contributed by atoms with Gasteiger partial charge in [-0.1, -0.05) is 60.7 Å². The van der Waals surface area contributed by atoms with Gasteiger partial charge in [-0.3, -0.25) is 19.7 Å². The molecule has 2 aromatic carbocycles. The molecule has 5 heteroatoms. The minimum absolute atomic E-state index is 0.181. The maximum absolute atomic E-state index is 11.9. The summed E-state index contributed by atoms with van der Waals surface area (Å²) in [5.74, 6) is -1.87. The molecule has 2 aromatic rings. The first kappa shape index (κ1) is 16.5. The van der Waals surface area contributed by atoms with Crippen LogP contribution in [0.25, 0.3) is 0 Å². The first-order valence-electron chi connectivity index (χ1n) is 7.28. The maximum atomic E-state index is 11.9. The van der Waals surface area contributed by atoms with Crippen LogP contribution in [0.3, 0.4) is 0 Å². The number of hydrogen-bond donors (Lipinski definition) is 0. The lowest BCUT2D eigenvalue weighted by atomic mass is 9.83. The van der Waals surface area contributed by atoms with E-state index in [4.69, 9.17) is 0 Å². The Morgan fingerprint density at radius 3 is 1.87 bits per heavy atom. The molecule has 0 heterocycles. The second-order valence-corrected chi connectivity index (χ2v) is 5.34. The van der Waals surface area contributed by atoms with Crippen molar-refractivity contribution in [2.45, 2.75) is 25.3 Å². The summed E-state index contributed by atoms with van der Waals surface area (Å²) in [7, 11) is 0. The lowest BCUT2D eigenvalue weighted by molar-refractivity contribution is -0.533. The summed E-state index contributed by atoms with van der Waals surface area (Å²) in [6, 6.07) is 16.3. The smallest absolute Gasteiger partial charge is 0.245 e. The standard InChI is InChI=1S/C18H17NO4/c1-13(20)17(21)12-16(14-8-4-2-5-9-14)18(19(22)23)15-10-6-3-7-11-15/h2-11,16,18H,12H2,1H3/t16-,18-/m1/s1. The van der Waals surface area contributed by atoms with E-state index in [0.717, 1.165) is 0 Å². The molecule has 0 amide bonds. The fourth-order valence-electron chi connectivity index (χ4n) is 2.61. The minimum atomic E-state index is -1.08. The van der Waals surface area contributed by atoms with Crippen LogP contribution in [-0.2, 0) is 9.59 Å². The van der Waals surface area contributed by atoms with E-state index in [1.807, 2.05) is 0 Å². The number of nitro groups is 1. The number of hydrogen-bond acceptors (Lipinski definition) is 4. The van der Waals surface area contributed by atoms with E-state index in [1.165, 1.54) is 6.92 Å². The summed E-state index contributed by atoms with van der Waals surface area (Å²) in [5, 5.41) is 11.7. The monoisotopic (exact) mass is 311 g/mol. The summed E-state index contributed by atoms with van der Waals surface area (Å²) in [4.78, 5) is 34.5. The topological polar surface area (TPSA) is 77.3 Å². The zero-order chi connectivity index (χ0) is 16.8. The fourth-order valence-corrected chi connectivity index (χ4v) is 2.61. The van der Waals surface area contributed by atoms with Gasteiger partial charge in [-0.05, 0) is 5.56 Å². The third-order valence-corrected chi connectivity index (χ3v) is 3.78. The van der Waals surface area contributed by atoms with Crippen LogP contribution < -0.4 is 0 Å². The first-order chi connectivity index (χ1) is 11.0. The summed E-state index contributed by atoms with van der Waals surface area (Å²) >= 11 is 0. The van der Waals surface area contributed by atoms with Crippen LogP contribution in [-0.4, -0.2) is 16.5 Å². The SMILES string of the molecule is CC(=O)C(=O)C[C@H](c1ccccc1)[C@@H](c1ccccc1)[N+](=O)[O-]. The molecule has 0 N–H and O–H groups in total. The lowest BCUT2D eigenvalue weighted by Gasteiger charge is -2.21. The number of carbonyl (C=O) groups excluding carboxylic acids is 2. The number of Topliss-reactive ketones (excluding diaryl/α,β-unsaturated/α-hetero) is 2. The number of benzene rings is 2. The molecular weight excluding hydrogens is 294 g/mol. The van der Waals surface area contributed by atoms with E-state index < -0.39 is 23.5 Å². The molecule has 5 nitrogen and oxygen atoms in total. The van der Waals surface area contributed by atoms with Crippen molar-refractivity contribution in [2.24, 2.45) is 0 Å². The number of ketones is 2. The van der Waals surface area contributed by atoms with E-state index in [2.05, 4.69) is 0 Å². The van der Waals surface area contributed by atoms with E-state index in [-0.39, 0.29) is 11.3 Å². The second kappa shape index (κ2) is 7.45. The van der Waals surface area contributed by atoms with Crippen LogP contribution in [0.5, 0.6) is 0 Å². The molecule has 118 valence electrons. The molecule has 0 unspecified atom stereocenters. The molecule has 0 aliphatic carbocycles. The minimum Gasteiger partial charge on any atom is -0.291 e. The van der Waals surface area contributed by atoms with Crippen molar-refractivity contribution in [1.82, 2.24) is 0 Å². The van der Waals surface area contributed by atoms with Gasteiger partial charge in [0.05, 0.1) is 5.92 Å². The van der Waals surface area contributed by atoms with E-state index >= 15 is 0 Å². The second-order valence-electron chi connectivity index (χ2n) is 5.34. The van der Waals surface area contributed by atoms with Crippen molar-refractivity contribution >= 4 is 11.6 Å². The Morgan fingerprint density at radius 1 is 0.957 bits per heavy atom. The van der Waals surface area contributed by atoms with Crippen LogP contribution in [0.4, 0.5) is 0 Å². The molecular formula is C18H17NO4. The largest absolute Gasteiger partial charge is 0.291 e. The van der Waals surface area contributed by atoms with Crippen LogP contribution in [0.1, 0.15) is 36.4 Å². The molecule has 0 spiro atoms. The highest BCUT2D eigenvalue weighted by Gasteiger charge is 2.36. The van der Waals surface area contributed by atoms with Gasteiger partial charge < -0.3 is 0 Å². The number of rotatable bonds is 7. The Balaban J connectivity index is 2.47. The summed E-state index contributed by atoms with van der Waals surface area (Å²) in [6.45, 7) is 1.19. The molecule has 0 aliphatic rings. The van der Waals surface area contributed by atoms with Crippen molar-refractivity contribution in [1.29, 1.82) is 0 Å². The zero-order valence-electron chi connectivity index (χ0n) is 12.7. The van der Waals surface area contributed by atoms with Gasteiger partial charge >= 0.3 is 0 Å². The van der Waals surface area contributed by atoms with Crippen LogP contribution in [0.2, 0.25) is 0 Å². The van der Waals surface area contributed by atoms with E-state index in [1.54, 1.807) is 60.7 Å². The molecule has 0 bridgehead atoms. The molecule has 0 fully saturated rings. The predicted octanol–water partition coefficient (Wildman–Crippen LogP) is 3.34. The molecule has 0 aliphatic heterocycles. The van der Waals surface area contributed by atoms with Gasteiger partial charge in [0.2, 0.25) is 6.04 Å². The highest BCUT2D eigenvalue weighted by molar-refractivity contribution is 6.36. The molecule has 0 saturated heterocycles. The molecule has 0 radical (unpaired) electrons. The van der Waals surface area contributed by atoms with Crippen molar-refractivity contribution in [3.8, 4) is 0 Å². The van der Waals surface area contributed by atoms with Crippen molar-refractivity contribution in [3.63, 3.8) is 0 Å². The molecule has 2 rings (SSSR count). The number of nitrogens with zero attached hydrogens (tertiary/aromatic N) is 1. The van der Waals surface area contributed by atoms with Gasteiger partial charge in [-0.15, -0.1) is 0 Å². The van der Waals surface area contributed by atoms with Gasteiger partial charge in [0, 0.05) is 23.8 Å². The Bertz CT molecular complexity index is 697. The van der Waals surface area contributed by atoms with Crippen LogP contribution in [0.15, 0.2) is 60.7 Å². The molecule has 2 atom stereocenters. The van der Waals surface area contributed by atoms with Gasteiger partial charge in [-0.25, -0.2) is 0 Å². The Morgan fingerprint density at radius 2 is 1.43 bits per heavy atom. The summed E-state index contributed by atoms with van der Waals surface area (Å²) in [6.07, 6.45) is -0.181.